The second kappa shape index (κ2) is 6.50. The summed E-state index contributed by atoms with van der Waals surface area (Å²) in [7, 11) is -3.86. The van der Waals surface area contributed by atoms with Crippen molar-refractivity contribution in [2.45, 2.75) is 18.7 Å². The first-order valence-corrected chi connectivity index (χ1v) is 8.47. The molecule has 4 nitrogen and oxygen atoms in total. The van der Waals surface area contributed by atoms with Crippen LogP contribution in [0.5, 0.6) is 0 Å². The molecule has 0 saturated carbocycles. The predicted molar refractivity (Wildman–Crippen MR) is 87.7 cm³/mol. The van der Waals surface area contributed by atoms with Gasteiger partial charge in [0.05, 0.1) is 10.6 Å². The average Bonchev–Trinajstić information content (AvgIpc) is 2.48. The maximum Gasteiger partial charge on any atom is 0.264 e. The summed E-state index contributed by atoms with van der Waals surface area (Å²) in [4.78, 5) is 11.5. The number of hydrogen-bond donors (Lipinski definition) is 0. The molecule has 0 unspecified atom stereocenters. The zero-order chi connectivity index (χ0) is 16.3. The molecule has 2 aromatic rings. The van der Waals surface area contributed by atoms with E-state index >= 15 is 0 Å². The molecule has 0 aromatic heterocycles. The van der Waals surface area contributed by atoms with Crippen LogP contribution in [-0.4, -0.2) is 20.2 Å². The standard InChI is InChI=1S/C16H16ClNO3S/c1-12-8-9-13(2)15(10-12)18(11-16(17)19)22(20,21)14-6-4-3-5-7-14/h3-10H,11H2,1-2H3. The lowest BCUT2D eigenvalue weighted by Crippen LogP contribution is -2.35. The van der Waals surface area contributed by atoms with Crippen LogP contribution in [0.1, 0.15) is 11.1 Å². The van der Waals surface area contributed by atoms with E-state index in [2.05, 4.69) is 0 Å². The SMILES string of the molecule is Cc1ccc(C)c(N(CC(=O)Cl)S(=O)(=O)c2ccccc2)c1. The third-order valence-corrected chi connectivity index (χ3v) is 5.13. The molecular formula is C16H16ClNO3S. The first-order valence-electron chi connectivity index (χ1n) is 6.66. The molecule has 0 bridgehead atoms. The van der Waals surface area contributed by atoms with Crippen molar-refractivity contribution in [3.05, 3.63) is 59.7 Å². The van der Waals surface area contributed by atoms with Gasteiger partial charge in [-0.15, -0.1) is 0 Å². The number of benzene rings is 2. The fourth-order valence-corrected chi connectivity index (χ4v) is 3.81. The van der Waals surface area contributed by atoms with E-state index in [9.17, 15) is 13.2 Å². The molecule has 0 spiro atoms. The molecule has 2 aromatic carbocycles. The molecule has 0 amide bonds. The molecule has 0 N–H and O–H groups in total. The monoisotopic (exact) mass is 337 g/mol. The van der Waals surface area contributed by atoms with Gasteiger partial charge in [0.15, 0.2) is 0 Å². The number of anilines is 1. The van der Waals surface area contributed by atoms with E-state index in [4.69, 9.17) is 11.6 Å². The van der Waals surface area contributed by atoms with Crippen molar-refractivity contribution >= 4 is 32.6 Å². The summed E-state index contributed by atoms with van der Waals surface area (Å²) in [5.41, 5.74) is 2.11. The predicted octanol–water partition coefficient (Wildman–Crippen LogP) is 3.26. The first-order chi connectivity index (χ1) is 10.3. The Balaban J connectivity index is 2.60. The highest BCUT2D eigenvalue weighted by Gasteiger charge is 2.27. The van der Waals surface area contributed by atoms with E-state index < -0.39 is 21.8 Å². The highest BCUT2D eigenvalue weighted by atomic mass is 35.5. The van der Waals surface area contributed by atoms with E-state index in [1.807, 2.05) is 19.1 Å². The number of hydrogen-bond acceptors (Lipinski definition) is 3. The van der Waals surface area contributed by atoms with Gasteiger partial charge >= 0.3 is 0 Å². The zero-order valence-corrected chi connectivity index (χ0v) is 13.9. The minimum absolute atomic E-state index is 0.119. The molecule has 0 aliphatic heterocycles. The Morgan fingerprint density at radius 1 is 1.09 bits per heavy atom. The fraction of sp³-hybridized carbons (Fsp3) is 0.188. The van der Waals surface area contributed by atoms with Gasteiger partial charge in [0.2, 0.25) is 5.24 Å². The van der Waals surface area contributed by atoms with Crippen LogP contribution in [-0.2, 0) is 14.8 Å². The maximum atomic E-state index is 12.8. The zero-order valence-electron chi connectivity index (χ0n) is 12.3. The van der Waals surface area contributed by atoms with Crippen molar-refractivity contribution in [1.29, 1.82) is 0 Å². The summed E-state index contributed by atoms with van der Waals surface area (Å²) in [6.07, 6.45) is 0. The summed E-state index contributed by atoms with van der Waals surface area (Å²) in [6, 6.07) is 13.4. The van der Waals surface area contributed by atoms with Crippen LogP contribution in [0, 0.1) is 13.8 Å². The molecule has 0 aliphatic rings. The number of carbonyl (C=O) groups is 1. The lowest BCUT2D eigenvalue weighted by Gasteiger charge is -2.25. The maximum absolute atomic E-state index is 12.8. The van der Waals surface area contributed by atoms with Crippen LogP contribution in [0.2, 0.25) is 0 Å². The minimum Gasteiger partial charge on any atom is -0.279 e. The number of rotatable bonds is 5. The second-order valence-corrected chi connectivity index (χ2v) is 7.25. The van der Waals surface area contributed by atoms with Crippen molar-refractivity contribution in [1.82, 2.24) is 0 Å². The first kappa shape index (κ1) is 16.5. The van der Waals surface area contributed by atoms with Crippen LogP contribution in [0.25, 0.3) is 0 Å². The molecule has 116 valence electrons. The molecule has 0 aliphatic carbocycles. The van der Waals surface area contributed by atoms with Crippen LogP contribution in [0.3, 0.4) is 0 Å². The van der Waals surface area contributed by atoms with Crippen LogP contribution >= 0.6 is 11.6 Å². The third-order valence-electron chi connectivity index (χ3n) is 3.23. The van der Waals surface area contributed by atoms with E-state index in [1.54, 1.807) is 31.2 Å². The lowest BCUT2D eigenvalue weighted by molar-refractivity contribution is -0.110. The Kier molecular flexibility index (Phi) is 4.88. The van der Waals surface area contributed by atoms with E-state index in [-0.39, 0.29) is 4.90 Å². The van der Waals surface area contributed by atoms with E-state index in [0.29, 0.717) is 5.69 Å². The molecule has 22 heavy (non-hydrogen) atoms. The van der Waals surface area contributed by atoms with Crippen molar-refractivity contribution in [3.63, 3.8) is 0 Å². The summed E-state index contributed by atoms with van der Waals surface area (Å²) >= 11 is 5.46. The van der Waals surface area contributed by atoms with Gasteiger partial charge in [-0.05, 0) is 54.8 Å². The van der Waals surface area contributed by atoms with E-state index in [0.717, 1.165) is 15.4 Å². The molecule has 0 radical (unpaired) electrons. The normalized spacial score (nSPS) is 11.2. The number of aryl methyl sites for hydroxylation is 2. The van der Waals surface area contributed by atoms with Gasteiger partial charge in [-0.2, -0.15) is 0 Å². The van der Waals surface area contributed by atoms with Gasteiger partial charge < -0.3 is 0 Å². The number of carbonyl (C=O) groups excluding carboxylic acids is 1. The average molecular weight is 338 g/mol. The Morgan fingerprint density at radius 3 is 2.32 bits per heavy atom. The lowest BCUT2D eigenvalue weighted by atomic mass is 10.1. The van der Waals surface area contributed by atoms with Gasteiger partial charge in [-0.25, -0.2) is 8.42 Å². The van der Waals surface area contributed by atoms with Gasteiger partial charge in [0.1, 0.15) is 6.54 Å². The summed E-state index contributed by atoms with van der Waals surface area (Å²) in [6.45, 7) is 3.24. The number of halogens is 1. The van der Waals surface area contributed by atoms with Crippen molar-refractivity contribution in [3.8, 4) is 0 Å². The van der Waals surface area contributed by atoms with Crippen molar-refractivity contribution in [2.75, 3.05) is 10.8 Å². The smallest absolute Gasteiger partial charge is 0.264 e. The van der Waals surface area contributed by atoms with E-state index in [1.165, 1.54) is 12.1 Å². The Labute approximate surface area is 135 Å². The molecule has 0 saturated heterocycles. The van der Waals surface area contributed by atoms with Gasteiger partial charge in [0, 0.05) is 0 Å². The molecule has 0 atom stereocenters. The Hall–Kier alpha value is -1.85. The van der Waals surface area contributed by atoms with Crippen molar-refractivity contribution < 1.29 is 13.2 Å². The molecule has 2 rings (SSSR count). The second-order valence-electron chi connectivity index (χ2n) is 4.97. The quantitative estimate of drug-likeness (QED) is 0.787. The largest absolute Gasteiger partial charge is 0.279 e. The van der Waals surface area contributed by atoms with Gasteiger partial charge in [0.25, 0.3) is 10.0 Å². The topological polar surface area (TPSA) is 54.5 Å². The molecule has 0 heterocycles. The van der Waals surface area contributed by atoms with Crippen LogP contribution < -0.4 is 4.31 Å². The molecule has 0 fully saturated rings. The van der Waals surface area contributed by atoms with Gasteiger partial charge in [-0.1, -0.05) is 30.3 Å². The highest BCUT2D eigenvalue weighted by molar-refractivity contribution is 7.92. The van der Waals surface area contributed by atoms with Crippen LogP contribution in [0.4, 0.5) is 5.69 Å². The van der Waals surface area contributed by atoms with Crippen molar-refractivity contribution in [2.24, 2.45) is 0 Å². The number of nitrogens with zero attached hydrogens (tertiary/aromatic N) is 1. The minimum atomic E-state index is -3.86. The Morgan fingerprint density at radius 2 is 1.73 bits per heavy atom. The summed E-state index contributed by atoms with van der Waals surface area (Å²) < 4.78 is 26.7. The molecule has 6 heteroatoms. The Bertz CT molecular complexity index is 788. The fourth-order valence-electron chi connectivity index (χ4n) is 2.12. The van der Waals surface area contributed by atoms with Gasteiger partial charge in [-0.3, -0.25) is 9.10 Å². The number of sulfonamides is 1. The summed E-state index contributed by atoms with van der Waals surface area (Å²) in [5, 5.41) is -0.736. The summed E-state index contributed by atoms with van der Waals surface area (Å²) in [5.74, 6) is 0. The highest BCUT2D eigenvalue weighted by Crippen LogP contribution is 2.27. The van der Waals surface area contributed by atoms with Crippen LogP contribution in [0.15, 0.2) is 53.4 Å². The third kappa shape index (κ3) is 3.48. The molecular weight excluding hydrogens is 322 g/mol.